The van der Waals surface area contributed by atoms with Gasteiger partial charge in [-0.1, -0.05) is 6.07 Å². The third kappa shape index (κ3) is 2.48. The predicted molar refractivity (Wildman–Crippen MR) is 70.3 cm³/mol. The molecule has 2 aromatic carbocycles. The first-order valence-electron chi connectivity index (χ1n) is 5.51. The van der Waals surface area contributed by atoms with Crippen LogP contribution < -0.4 is 5.32 Å². The molecule has 0 fully saturated rings. The van der Waals surface area contributed by atoms with Gasteiger partial charge in [0.2, 0.25) is 0 Å². The molecule has 0 saturated carbocycles. The number of nitrogens with one attached hydrogen (secondary N) is 1. The molecule has 3 heteroatoms. The Morgan fingerprint density at radius 2 is 1.50 bits per heavy atom. The first kappa shape index (κ1) is 11.7. The zero-order valence-corrected chi connectivity index (χ0v) is 9.94. The molecule has 0 aliphatic heterocycles. The zero-order chi connectivity index (χ0) is 13.0. The molecule has 3 nitrogen and oxygen atoms in total. The average molecular weight is 233 g/mol. The molecule has 0 aromatic heterocycles. The van der Waals surface area contributed by atoms with Gasteiger partial charge in [-0.25, -0.2) is 0 Å². The molecule has 18 heavy (non-hydrogen) atoms. The Kier molecular flexibility index (Phi) is 3.27. The summed E-state index contributed by atoms with van der Waals surface area (Å²) < 4.78 is 0. The lowest BCUT2D eigenvalue weighted by atomic mass is 10.1. The van der Waals surface area contributed by atoms with E-state index >= 15 is 0 Å². The number of benzene rings is 2. The highest BCUT2D eigenvalue weighted by molar-refractivity contribution is 5.65. The summed E-state index contributed by atoms with van der Waals surface area (Å²) in [5.74, 6) is 0. The number of rotatable bonds is 2. The van der Waals surface area contributed by atoms with Crippen molar-refractivity contribution < 1.29 is 0 Å². The van der Waals surface area contributed by atoms with Gasteiger partial charge >= 0.3 is 0 Å². The van der Waals surface area contributed by atoms with Crippen molar-refractivity contribution in [2.24, 2.45) is 0 Å². The fraction of sp³-hybridized carbons (Fsp3) is 0.0667. The summed E-state index contributed by atoms with van der Waals surface area (Å²) in [6, 6.07) is 16.9. The van der Waals surface area contributed by atoms with Gasteiger partial charge in [0, 0.05) is 11.4 Å². The molecule has 1 N–H and O–H groups in total. The summed E-state index contributed by atoms with van der Waals surface area (Å²) in [5, 5.41) is 20.8. The molecule has 2 rings (SSSR count). The molecule has 86 valence electrons. The van der Waals surface area contributed by atoms with Gasteiger partial charge in [-0.15, -0.1) is 0 Å². The summed E-state index contributed by atoms with van der Waals surface area (Å²) in [7, 11) is 0. The van der Waals surface area contributed by atoms with E-state index in [-0.39, 0.29) is 0 Å². The van der Waals surface area contributed by atoms with Crippen LogP contribution in [0.2, 0.25) is 0 Å². The standard InChI is InChI=1S/C15H11N3/c1-11-2-3-13(10-17)8-15(11)18-14-6-4-12(9-16)5-7-14/h2-8,18H,1H3. The van der Waals surface area contributed by atoms with Crippen LogP contribution in [0.3, 0.4) is 0 Å². The third-order valence-corrected chi connectivity index (χ3v) is 2.66. The second-order valence-corrected chi connectivity index (χ2v) is 3.96. The largest absolute Gasteiger partial charge is 0.355 e. The lowest BCUT2D eigenvalue weighted by molar-refractivity contribution is 1.40. The Balaban J connectivity index is 2.28. The van der Waals surface area contributed by atoms with Crippen molar-refractivity contribution in [1.29, 1.82) is 10.5 Å². The van der Waals surface area contributed by atoms with Crippen LogP contribution in [0.25, 0.3) is 0 Å². The van der Waals surface area contributed by atoms with Crippen LogP contribution in [0.1, 0.15) is 16.7 Å². The smallest absolute Gasteiger partial charge is 0.0992 e. The Labute approximate surface area is 106 Å². The SMILES string of the molecule is Cc1ccc(C#N)cc1Nc1ccc(C#N)cc1. The second kappa shape index (κ2) is 5.03. The van der Waals surface area contributed by atoms with Gasteiger partial charge in [0.15, 0.2) is 0 Å². The fourth-order valence-electron chi connectivity index (χ4n) is 1.61. The first-order chi connectivity index (χ1) is 8.72. The van der Waals surface area contributed by atoms with Crippen LogP contribution in [-0.4, -0.2) is 0 Å². The van der Waals surface area contributed by atoms with Crippen LogP contribution in [0.5, 0.6) is 0 Å². The van der Waals surface area contributed by atoms with E-state index in [0.29, 0.717) is 11.1 Å². The maximum absolute atomic E-state index is 8.87. The highest BCUT2D eigenvalue weighted by Gasteiger charge is 2.01. The number of hydrogen-bond acceptors (Lipinski definition) is 3. The van der Waals surface area contributed by atoms with Crippen molar-refractivity contribution in [3.8, 4) is 12.1 Å². The van der Waals surface area contributed by atoms with E-state index in [9.17, 15) is 0 Å². The van der Waals surface area contributed by atoms with E-state index in [1.54, 1.807) is 18.2 Å². The van der Waals surface area contributed by atoms with E-state index in [4.69, 9.17) is 10.5 Å². The van der Waals surface area contributed by atoms with Gasteiger partial charge in [-0.2, -0.15) is 10.5 Å². The first-order valence-corrected chi connectivity index (χ1v) is 5.51. The molecule has 0 amide bonds. The number of hydrogen-bond donors (Lipinski definition) is 1. The molecule has 0 atom stereocenters. The maximum atomic E-state index is 8.87. The van der Waals surface area contributed by atoms with Crippen LogP contribution in [0.15, 0.2) is 42.5 Å². The Hall–Kier alpha value is -2.78. The number of aryl methyl sites for hydroxylation is 1. The molecule has 0 bridgehead atoms. The number of nitrogens with zero attached hydrogens (tertiary/aromatic N) is 2. The lowest BCUT2D eigenvalue weighted by Gasteiger charge is -2.09. The van der Waals surface area contributed by atoms with Gasteiger partial charge in [-0.05, 0) is 48.9 Å². The molecule has 0 radical (unpaired) electrons. The number of anilines is 2. The van der Waals surface area contributed by atoms with Crippen molar-refractivity contribution in [3.05, 3.63) is 59.2 Å². The Bertz CT molecular complexity index is 643. The molecule has 0 aliphatic carbocycles. The monoisotopic (exact) mass is 233 g/mol. The van der Waals surface area contributed by atoms with E-state index in [1.165, 1.54) is 0 Å². The highest BCUT2D eigenvalue weighted by Crippen LogP contribution is 2.21. The molecule has 2 aromatic rings. The van der Waals surface area contributed by atoms with Crippen molar-refractivity contribution in [3.63, 3.8) is 0 Å². The highest BCUT2D eigenvalue weighted by atomic mass is 14.9. The van der Waals surface area contributed by atoms with Crippen molar-refractivity contribution >= 4 is 11.4 Å². The normalized spacial score (nSPS) is 9.28. The van der Waals surface area contributed by atoms with Gasteiger partial charge < -0.3 is 5.32 Å². The average Bonchev–Trinajstić information content (AvgIpc) is 2.42. The zero-order valence-electron chi connectivity index (χ0n) is 9.94. The quantitative estimate of drug-likeness (QED) is 0.863. The van der Waals surface area contributed by atoms with Crippen LogP contribution in [-0.2, 0) is 0 Å². The van der Waals surface area contributed by atoms with Crippen molar-refractivity contribution in [2.45, 2.75) is 6.92 Å². The fourth-order valence-corrected chi connectivity index (χ4v) is 1.61. The van der Waals surface area contributed by atoms with Gasteiger partial charge in [0.1, 0.15) is 0 Å². The summed E-state index contributed by atoms with van der Waals surface area (Å²) >= 11 is 0. The molecule has 0 aliphatic rings. The van der Waals surface area contributed by atoms with E-state index in [0.717, 1.165) is 16.9 Å². The maximum Gasteiger partial charge on any atom is 0.0992 e. The molecule has 0 saturated heterocycles. The molecular formula is C15H11N3. The topological polar surface area (TPSA) is 59.6 Å². The molecule has 0 spiro atoms. The van der Waals surface area contributed by atoms with E-state index in [1.807, 2.05) is 31.2 Å². The minimum absolute atomic E-state index is 0.622. The predicted octanol–water partition coefficient (Wildman–Crippen LogP) is 3.48. The Morgan fingerprint density at radius 1 is 0.889 bits per heavy atom. The second-order valence-electron chi connectivity index (χ2n) is 3.96. The van der Waals surface area contributed by atoms with Gasteiger partial charge in [0.25, 0.3) is 0 Å². The van der Waals surface area contributed by atoms with E-state index in [2.05, 4.69) is 17.5 Å². The van der Waals surface area contributed by atoms with E-state index < -0.39 is 0 Å². The van der Waals surface area contributed by atoms with Crippen LogP contribution >= 0.6 is 0 Å². The summed E-state index contributed by atoms with van der Waals surface area (Å²) in [5.41, 5.74) is 4.11. The third-order valence-electron chi connectivity index (χ3n) is 2.66. The summed E-state index contributed by atoms with van der Waals surface area (Å²) in [4.78, 5) is 0. The lowest BCUT2D eigenvalue weighted by Crippen LogP contribution is -1.94. The summed E-state index contributed by atoms with van der Waals surface area (Å²) in [6.07, 6.45) is 0. The molecule has 0 unspecified atom stereocenters. The minimum atomic E-state index is 0.622. The van der Waals surface area contributed by atoms with Gasteiger partial charge in [-0.3, -0.25) is 0 Å². The number of nitriles is 2. The van der Waals surface area contributed by atoms with Crippen molar-refractivity contribution in [1.82, 2.24) is 0 Å². The minimum Gasteiger partial charge on any atom is -0.355 e. The summed E-state index contributed by atoms with van der Waals surface area (Å²) in [6.45, 7) is 1.98. The molecule has 0 heterocycles. The van der Waals surface area contributed by atoms with Crippen LogP contribution in [0.4, 0.5) is 11.4 Å². The van der Waals surface area contributed by atoms with Gasteiger partial charge in [0.05, 0.1) is 23.3 Å². The molecular weight excluding hydrogens is 222 g/mol. The van der Waals surface area contributed by atoms with Crippen molar-refractivity contribution in [2.75, 3.05) is 5.32 Å². The van der Waals surface area contributed by atoms with Crippen LogP contribution in [0, 0.1) is 29.6 Å². The Morgan fingerprint density at radius 3 is 2.11 bits per heavy atom.